The fourth-order valence-electron chi connectivity index (χ4n) is 2.96. The number of aryl methyl sites for hydroxylation is 1. The molecule has 2 atom stereocenters. The highest BCUT2D eigenvalue weighted by Crippen LogP contribution is 2.17. The van der Waals surface area contributed by atoms with Crippen molar-refractivity contribution < 1.29 is 0 Å². The van der Waals surface area contributed by atoms with Gasteiger partial charge in [0.05, 0.1) is 12.3 Å². The third kappa shape index (κ3) is 6.65. The van der Waals surface area contributed by atoms with Gasteiger partial charge in [-0.25, -0.2) is 0 Å². The van der Waals surface area contributed by atoms with Crippen LogP contribution in [-0.2, 0) is 6.42 Å². The van der Waals surface area contributed by atoms with E-state index < -0.39 is 0 Å². The number of hydrogen-bond acceptors (Lipinski definition) is 3. The third-order valence-corrected chi connectivity index (χ3v) is 4.42. The summed E-state index contributed by atoms with van der Waals surface area (Å²) in [6.07, 6.45) is 8.63. The van der Waals surface area contributed by atoms with E-state index in [4.69, 9.17) is 5.73 Å². The van der Waals surface area contributed by atoms with Gasteiger partial charge in [-0.3, -0.25) is 10.6 Å². The summed E-state index contributed by atoms with van der Waals surface area (Å²) < 4.78 is 0. The van der Waals surface area contributed by atoms with Crippen LogP contribution in [0.15, 0.2) is 91.1 Å². The molecule has 27 heavy (non-hydrogen) atoms. The fraction of sp³-hybridized carbons (Fsp3) is 0.250. The molecule has 2 rings (SSSR count). The molecule has 0 aliphatic heterocycles. The SMILES string of the molecule is C=C/C=C(\C=C/C)CNC(NC(N)c1ccccc1)c1cccc(CC)c1. The molecule has 0 aliphatic rings. The summed E-state index contributed by atoms with van der Waals surface area (Å²) in [7, 11) is 0. The Bertz CT molecular complexity index is 762. The number of rotatable bonds is 10. The second kappa shape index (κ2) is 11.3. The molecule has 0 aromatic heterocycles. The summed E-state index contributed by atoms with van der Waals surface area (Å²) >= 11 is 0. The maximum Gasteiger partial charge on any atom is 0.0852 e. The van der Waals surface area contributed by atoms with Gasteiger partial charge in [0.15, 0.2) is 0 Å². The van der Waals surface area contributed by atoms with E-state index in [9.17, 15) is 0 Å². The summed E-state index contributed by atoms with van der Waals surface area (Å²) in [5.74, 6) is 0. The summed E-state index contributed by atoms with van der Waals surface area (Å²) in [4.78, 5) is 0. The third-order valence-electron chi connectivity index (χ3n) is 4.42. The molecule has 0 fully saturated rings. The standard InChI is InChI=1S/C24H31N3/c1-4-11-20(12-5-2)18-26-24(22-16-10-13-19(6-3)17-22)27-23(25)21-14-8-7-9-15-21/h4-5,7-17,23-24,26-27H,1,6,18,25H2,2-3H3/b12-5-,20-11+. The van der Waals surface area contributed by atoms with Crippen LogP contribution in [0.1, 0.15) is 42.9 Å². The van der Waals surface area contributed by atoms with Crippen molar-refractivity contribution >= 4 is 0 Å². The van der Waals surface area contributed by atoms with E-state index in [1.54, 1.807) is 0 Å². The van der Waals surface area contributed by atoms with Gasteiger partial charge in [0.2, 0.25) is 0 Å². The van der Waals surface area contributed by atoms with Gasteiger partial charge in [-0.15, -0.1) is 0 Å². The zero-order valence-corrected chi connectivity index (χ0v) is 16.4. The van der Waals surface area contributed by atoms with Gasteiger partial charge in [-0.05, 0) is 35.6 Å². The van der Waals surface area contributed by atoms with Crippen LogP contribution in [0.5, 0.6) is 0 Å². The normalized spacial score (nSPS) is 14.3. The van der Waals surface area contributed by atoms with Crippen LogP contribution in [0.4, 0.5) is 0 Å². The molecule has 0 radical (unpaired) electrons. The highest BCUT2D eigenvalue weighted by Gasteiger charge is 2.15. The first-order chi connectivity index (χ1) is 13.2. The van der Waals surface area contributed by atoms with Crippen LogP contribution < -0.4 is 16.4 Å². The number of hydrogen-bond donors (Lipinski definition) is 3. The average molecular weight is 362 g/mol. The molecule has 2 unspecified atom stereocenters. The quantitative estimate of drug-likeness (QED) is 0.422. The Labute approximate surface area is 163 Å². The van der Waals surface area contributed by atoms with Crippen LogP contribution in [-0.4, -0.2) is 6.54 Å². The molecule has 2 aromatic carbocycles. The highest BCUT2D eigenvalue weighted by atomic mass is 15.2. The van der Waals surface area contributed by atoms with Gasteiger partial charge >= 0.3 is 0 Å². The first-order valence-corrected chi connectivity index (χ1v) is 9.51. The number of nitrogens with two attached hydrogens (primary N) is 1. The van der Waals surface area contributed by atoms with E-state index in [2.05, 4.69) is 54.5 Å². The lowest BCUT2D eigenvalue weighted by atomic mass is 10.1. The Morgan fingerprint density at radius 3 is 2.52 bits per heavy atom. The predicted molar refractivity (Wildman–Crippen MR) is 116 cm³/mol. The van der Waals surface area contributed by atoms with Gasteiger partial charge in [0.25, 0.3) is 0 Å². The Balaban J connectivity index is 2.22. The van der Waals surface area contributed by atoms with E-state index in [1.807, 2.05) is 55.5 Å². The molecular formula is C24H31N3. The van der Waals surface area contributed by atoms with Crippen LogP contribution >= 0.6 is 0 Å². The van der Waals surface area contributed by atoms with Gasteiger partial charge in [-0.2, -0.15) is 0 Å². The zero-order valence-electron chi connectivity index (χ0n) is 16.4. The van der Waals surface area contributed by atoms with Crippen LogP contribution in [0.2, 0.25) is 0 Å². The molecule has 0 saturated heterocycles. The van der Waals surface area contributed by atoms with Gasteiger partial charge < -0.3 is 5.73 Å². The lowest BCUT2D eigenvalue weighted by Gasteiger charge is -2.26. The minimum atomic E-state index is -0.262. The van der Waals surface area contributed by atoms with Crippen molar-refractivity contribution in [3.05, 3.63) is 108 Å². The van der Waals surface area contributed by atoms with Crippen LogP contribution in [0, 0.1) is 0 Å². The summed E-state index contributed by atoms with van der Waals surface area (Å²) in [5.41, 5.74) is 11.1. The molecule has 0 amide bonds. The van der Waals surface area contributed by atoms with Gasteiger partial charge in [-0.1, -0.05) is 92.4 Å². The van der Waals surface area contributed by atoms with E-state index in [0.29, 0.717) is 6.54 Å². The number of nitrogens with one attached hydrogen (secondary N) is 2. The Morgan fingerprint density at radius 1 is 1.11 bits per heavy atom. The number of benzene rings is 2. The molecule has 0 aliphatic carbocycles. The van der Waals surface area contributed by atoms with Crippen molar-refractivity contribution in [3.8, 4) is 0 Å². The highest BCUT2D eigenvalue weighted by molar-refractivity contribution is 5.28. The lowest BCUT2D eigenvalue weighted by Crippen LogP contribution is -2.40. The lowest BCUT2D eigenvalue weighted by molar-refractivity contribution is 0.398. The van der Waals surface area contributed by atoms with Crippen molar-refractivity contribution in [2.24, 2.45) is 5.73 Å². The molecule has 0 saturated carbocycles. The first kappa shape index (κ1) is 20.8. The average Bonchev–Trinajstić information content (AvgIpc) is 2.71. The fourth-order valence-corrected chi connectivity index (χ4v) is 2.96. The molecule has 0 spiro atoms. The van der Waals surface area contributed by atoms with Crippen LogP contribution in [0.25, 0.3) is 0 Å². The maximum absolute atomic E-state index is 6.43. The Morgan fingerprint density at radius 2 is 1.85 bits per heavy atom. The molecule has 3 heteroatoms. The summed E-state index contributed by atoms with van der Waals surface area (Å²) in [6.45, 7) is 8.70. The van der Waals surface area contributed by atoms with Gasteiger partial charge in [0.1, 0.15) is 0 Å². The number of allylic oxidation sites excluding steroid dienone is 3. The van der Waals surface area contributed by atoms with E-state index in [1.165, 1.54) is 16.7 Å². The largest absolute Gasteiger partial charge is 0.312 e. The second-order valence-electron chi connectivity index (χ2n) is 6.44. The van der Waals surface area contributed by atoms with Crippen molar-refractivity contribution in [2.45, 2.75) is 32.6 Å². The molecule has 0 heterocycles. The van der Waals surface area contributed by atoms with E-state index in [-0.39, 0.29) is 12.3 Å². The van der Waals surface area contributed by atoms with Crippen molar-refractivity contribution in [1.82, 2.24) is 10.6 Å². The van der Waals surface area contributed by atoms with Crippen molar-refractivity contribution in [3.63, 3.8) is 0 Å². The van der Waals surface area contributed by atoms with E-state index >= 15 is 0 Å². The molecule has 3 nitrogen and oxygen atoms in total. The maximum atomic E-state index is 6.43. The Kier molecular flexibility index (Phi) is 8.72. The smallest absolute Gasteiger partial charge is 0.0852 e. The predicted octanol–water partition coefficient (Wildman–Crippen LogP) is 4.77. The zero-order chi connectivity index (χ0) is 19.5. The molecule has 0 bridgehead atoms. The van der Waals surface area contributed by atoms with Crippen LogP contribution in [0.3, 0.4) is 0 Å². The summed E-state index contributed by atoms with van der Waals surface area (Å²) in [6, 6.07) is 18.7. The first-order valence-electron chi connectivity index (χ1n) is 9.51. The topological polar surface area (TPSA) is 50.1 Å². The van der Waals surface area contributed by atoms with Crippen molar-refractivity contribution in [2.75, 3.05) is 6.54 Å². The Hall–Kier alpha value is -2.46. The minimum Gasteiger partial charge on any atom is -0.312 e. The van der Waals surface area contributed by atoms with E-state index in [0.717, 1.165) is 12.0 Å². The molecule has 4 N–H and O–H groups in total. The monoisotopic (exact) mass is 361 g/mol. The summed E-state index contributed by atoms with van der Waals surface area (Å²) in [5, 5.41) is 7.13. The molecular weight excluding hydrogens is 330 g/mol. The minimum absolute atomic E-state index is 0.0647. The second-order valence-corrected chi connectivity index (χ2v) is 6.44. The van der Waals surface area contributed by atoms with Crippen molar-refractivity contribution in [1.29, 1.82) is 0 Å². The molecule has 142 valence electrons. The van der Waals surface area contributed by atoms with Gasteiger partial charge in [0, 0.05) is 6.54 Å². The molecule has 2 aromatic rings.